The van der Waals surface area contributed by atoms with Gasteiger partial charge in [0.05, 0.1) is 11.5 Å². The average molecular weight is 269 g/mol. The van der Waals surface area contributed by atoms with E-state index in [9.17, 15) is 8.42 Å². The van der Waals surface area contributed by atoms with E-state index in [4.69, 9.17) is 0 Å². The van der Waals surface area contributed by atoms with Crippen molar-refractivity contribution >= 4 is 9.84 Å². The van der Waals surface area contributed by atoms with Crippen LogP contribution in [0.2, 0.25) is 0 Å². The van der Waals surface area contributed by atoms with Crippen molar-refractivity contribution in [3.63, 3.8) is 0 Å². The Morgan fingerprint density at radius 2 is 2.17 bits per heavy atom. The molecule has 1 N–H and O–H groups in total. The Kier molecular flexibility index (Phi) is 4.29. The minimum atomic E-state index is -2.80. The van der Waals surface area contributed by atoms with E-state index in [1.54, 1.807) is 12.4 Å². The Morgan fingerprint density at radius 1 is 1.44 bits per heavy atom. The highest BCUT2D eigenvalue weighted by atomic mass is 32.2. The standard InChI is InChI=1S/C12H19N3O2S/c1-2-15-12(11-6-13-9-14-7-11)5-10-3-4-18(16,17)8-10/h6-7,9-10,12,15H,2-5,8H2,1H3. The number of rotatable bonds is 5. The molecule has 0 saturated carbocycles. The Balaban J connectivity index is 2.04. The van der Waals surface area contributed by atoms with Crippen molar-refractivity contribution in [2.75, 3.05) is 18.1 Å². The van der Waals surface area contributed by atoms with Crippen molar-refractivity contribution in [3.8, 4) is 0 Å². The SMILES string of the molecule is CCNC(CC1CCS(=O)(=O)C1)c1cncnc1. The highest BCUT2D eigenvalue weighted by Gasteiger charge is 2.30. The summed E-state index contributed by atoms with van der Waals surface area (Å²) >= 11 is 0. The third-order valence-electron chi connectivity index (χ3n) is 3.33. The molecule has 1 aliphatic heterocycles. The fourth-order valence-corrected chi connectivity index (χ4v) is 4.35. The predicted octanol–water partition coefficient (Wildman–Crippen LogP) is 0.952. The molecule has 0 spiro atoms. The number of nitrogens with one attached hydrogen (secondary N) is 1. The van der Waals surface area contributed by atoms with Crippen LogP contribution in [0.15, 0.2) is 18.7 Å². The first-order chi connectivity index (χ1) is 8.61. The van der Waals surface area contributed by atoms with Gasteiger partial charge >= 0.3 is 0 Å². The van der Waals surface area contributed by atoms with Crippen LogP contribution in [0.4, 0.5) is 0 Å². The van der Waals surface area contributed by atoms with Gasteiger partial charge in [0, 0.05) is 24.0 Å². The zero-order valence-corrected chi connectivity index (χ0v) is 11.4. The molecule has 1 aliphatic rings. The Bertz CT molecular complexity index is 475. The second-order valence-electron chi connectivity index (χ2n) is 4.79. The van der Waals surface area contributed by atoms with E-state index in [-0.39, 0.29) is 12.0 Å². The lowest BCUT2D eigenvalue weighted by molar-refractivity contribution is 0.420. The third kappa shape index (κ3) is 3.49. The molecular formula is C12H19N3O2S. The van der Waals surface area contributed by atoms with Gasteiger partial charge in [-0.1, -0.05) is 6.92 Å². The highest BCUT2D eigenvalue weighted by molar-refractivity contribution is 7.91. The van der Waals surface area contributed by atoms with E-state index in [1.165, 1.54) is 6.33 Å². The molecule has 2 atom stereocenters. The Labute approximate surface area is 108 Å². The van der Waals surface area contributed by atoms with Crippen LogP contribution in [-0.2, 0) is 9.84 Å². The molecule has 0 amide bonds. The summed E-state index contributed by atoms with van der Waals surface area (Å²) in [6.07, 6.45) is 6.71. The number of sulfone groups is 1. The lowest BCUT2D eigenvalue weighted by atomic mass is 9.96. The summed E-state index contributed by atoms with van der Waals surface area (Å²) in [5.41, 5.74) is 1.03. The van der Waals surface area contributed by atoms with Crippen LogP contribution in [0, 0.1) is 5.92 Å². The summed E-state index contributed by atoms with van der Waals surface area (Å²) in [6, 6.07) is 0.148. The van der Waals surface area contributed by atoms with Gasteiger partial charge in [-0.2, -0.15) is 0 Å². The average Bonchev–Trinajstić information content (AvgIpc) is 2.69. The van der Waals surface area contributed by atoms with Crippen molar-refractivity contribution < 1.29 is 8.42 Å². The molecule has 18 heavy (non-hydrogen) atoms. The van der Waals surface area contributed by atoms with E-state index in [1.807, 2.05) is 6.92 Å². The van der Waals surface area contributed by atoms with Crippen LogP contribution >= 0.6 is 0 Å². The predicted molar refractivity (Wildman–Crippen MR) is 69.8 cm³/mol. The van der Waals surface area contributed by atoms with Gasteiger partial charge in [0.25, 0.3) is 0 Å². The molecular weight excluding hydrogens is 250 g/mol. The van der Waals surface area contributed by atoms with E-state index in [0.29, 0.717) is 11.5 Å². The van der Waals surface area contributed by atoms with Crippen LogP contribution in [0.3, 0.4) is 0 Å². The molecule has 5 nitrogen and oxygen atoms in total. The smallest absolute Gasteiger partial charge is 0.150 e. The molecule has 100 valence electrons. The zero-order chi connectivity index (χ0) is 13.0. The molecule has 1 fully saturated rings. The molecule has 1 aromatic rings. The van der Waals surface area contributed by atoms with Gasteiger partial charge in [-0.3, -0.25) is 0 Å². The molecule has 0 bridgehead atoms. The van der Waals surface area contributed by atoms with Crippen LogP contribution in [0.5, 0.6) is 0 Å². The Morgan fingerprint density at radius 3 is 2.72 bits per heavy atom. The van der Waals surface area contributed by atoms with Gasteiger partial charge in [0.1, 0.15) is 6.33 Å². The third-order valence-corrected chi connectivity index (χ3v) is 5.17. The zero-order valence-electron chi connectivity index (χ0n) is 10.5. The van der Waals surface area contributed by atoms with Crippen LogP contribution in [0.25, 0.3) is 0 Å². The summed E-state index contributed by atoms with van der Waals surface area (Å²) < 4.78 is 22.9. The molecule has 0 aliphatic carbocycles. The van der Waals surface area contributed by atoms with Gasteiger partial charge in [-0.05, 0) is 25.3 Å². The van der Waals surface area contributed by atoms with Crippen molar-refractivity contribution in [2.45, 2.75) is 25.8 Å². The fraction of sp³-hybridized carbons (Fsp3) is 0.667. The first-order valence-corrected chi connectivity index (χ1v) is 8.11. The molecule has 0 radical (unpaired) electrons. The monoisotopic (exact) mass is 269 g/mol. The quantitative estimate of drug-likeness (QED) is 0.861. The summed E-state index contributed by atoms with van der Waals surface area (Å²) in [5.74, 6) is 0.906. The molecule has 1 aromatic heterocycles. The minimum Gasteiger partial charge on any atom is -0.310 e. The molecule has 6 heteroatoms. The van der Waals surface area contributed by atoms with Crippen molar-refractivity contribution in [2.24, 2.45) is 5.92 Å². The lowest BCUT2D eigenvalue weighted by Gasteiger charge is -2.20. The summed E-state index contributed by atoms with van der Waals surface area (Å²) in [7, 11) is -2.80. The van der Waals surface area contributed by atoms with Crippen LogP contribution in [-0.4, -0.2) is 36.4 Å². The molecule has 0 aromatic carbocycles. The summed E-state index contributed by atoms with van der Waals surface area (Å²) in [4.78, 5) is 8.04. The fourth-order valence-electron chi connectivity index (χ4n) is 2.47. The highest BCUT2D eigenvalue weighted by Crippen LogP contribution is 2.28. The molecule has 2 rings (SSSR count). The maximum atomic E-state index is 11.5. The normalized spacial score (nSPS) is 23.9. The molecule has 2 heterocycles. The maximum Gasteiger partial charge on any atom is 0.150 e. The molecule has 1 saturated heterocycles. The van der Waals surface area contributed by atoms with Crippen LogP contribution < -0.4 is 5.32 Å². The topological polar surface area (TPSA) is 72.0 Å². The number of aromatic nitrogens is 2. The summed E-state index contributed by atoms with van der Waals surface area (Å²) in [5, 5.41) is 3.38. The van der Waals surface area contributed by atoms with E-state index < -0.39 is 9.84 Å². The Hall–Kier alpha value is -1.01. The van der Waals surface area contributed by atoms with Gasteiger partial charge in [0.15, 0.2) is 9.84 Å². The van der Waals surface area contributed by atoms with Gasteiger partial charge in [-0.15, -0.1) is 0 Å². The van der Waals surface area contributed by atoms with E-state index >= 15 is 0 Å². The van der Waals surface area contributed by atoms with E-state index in [2.05, 4.69) is 15.3 Å². The maximum absolute atomic E-state index is 11.5. The van der Waals surface area contributed by atoms with Crippen molar-refractivity contribution in [3.05, 3.63) is 24.3 Å². The first-order valence-electron chi connectivity index (χ1n) is 6.29. The molecule has 2 unspecified atom stereocenters. The number of hydrogen-bond acceptors (Lipinski definition) is 5. The second-order valence-corrected chi connectivity index (χ2v) is 7.02. The van der Waals surface area contributed by atoms with Crippen molar-refractivity contribution in [1.29, 1.82) is 0 Å². The summed E-state index contributed by atoms with van der Waals surface area (Å²) in [6.45, 7) is 2.89. The van der Waals surface area contributed by atoms with Crippen LogP contribution in [0.1, 0.15) is 31.4 Å². The van der Waals surface area contributed by atoms with E-state index in [0.717, 1.165) is 24.9 Å². The second kappa shape index (κ2) is 5.75. The number of hydrogen-bond donors (Lipinski definition) is 1. The largest absolute Gasteiger partial charge is 0.310 e. The van der Waals surface area contributed by atoms with Gasteiger partial charge in [-0.25, -0.2) is 18.4 Å². The lowest BCUT2D eigenvalue weighted by Crippen LogP contribution is -2.24. The number of nitrogens with zero attached hydrogens (tertiary/aromatic N) is 2. The van der Waals surface area contributed by atoms with Crippen molar-refractivity contribution in [1.82, 2.24) is 15.3 Å². The van der Waals surface area contributed by atoms with Gasteiger partial charge < -0.3 is 5.32 Å². The first kappa shape index (κ1) is 13.4. The minimum absolute atomic E-state index is 0.148. The van der Waals surface area contributed by atoms with Gasteiger partial charge in [0.2, 0.25) is 0 Å².